The third-order valence-electron chi connectivity index (χ3n) is 3.74. The van der Waals surface area contributed by atoms with Crippen molar-refractivity contribution in [3.63, 3.8) is 0 Å². The summed E-state index contributed by atoms with van der Waals surface area (Å²) in [5, 5.41) is 20.2. The number of aliphatic hydroxyl groups excluding tert-OH is 1. The molecule has 1 heterocycles. The molecule has 1 amide bonds. The fourth-order valence-corrected chi connectivity index (χ4v) is 2.47. The van der Waals surface area contributed by atoms with Gasteiger partial charge in [-0.1, -0.05) is 12.1 Å². The molecule has 1 aliphatic heterocycles. The molecule has 0 bridgehead atoms. The lowest BCUT2D eigenvalue weighted by Crippen LogP contribution is -2.31. The molecule has 1 fully saturated rings. The minimum Gasteiger partial charge on any atom is -0.393 e. The Hall–Kier alpha value is -1.95. The van der Waals surface area contributed by atoms with Gasteiger partial charge in [0, 0.05) is 31.1 Å². The van der Waals surface area contributed by atoms with E-state index in [4.69, 9.17) is 0 Å². The number of amides is 1. The molecule has 1 aromatic carbocycles. The summed E-state index contributed by atoms with van der Waals surface area (Å²) in [4.78, 5) is 24.1. The van der Waals surface area contributed by atoms with Gasteiger partial charge in [0.15, 0.2) is 0 Å². The third kappa shape index (κ3) is 3.33. The van der Waals surface area contributed by atoms with Crippen LogP contribution in [0.5, 0.6) is 0 Å². The van der Waals surface area contributed by atoms with Crippen LogP contribution in [0.2, 0.25) is 0 Å². The molecule has 2 unspecified atom stereocenters. The molecule has 0 aliphatic carbocycles. The second-order valence-corrected chi connectivity index (χ2v) is 5.23. The van der Waals surface area contributed by atoms with E-state index in [1.165, 1.54) is 12.1 Å². The van der Waals surface area contributed by atoms with Crippen LogP contribution in [0.25, 0.3) is 0 Å². The number of non-ortho nitro benzene ring substituents is 1. The van der Waals surface area contributed by atoms with Gasteiger partial charge in [0.1, 0.15) is 0 Å². The summed E-state index contributed by atoms with van der Waals surface area (Å²) < 4.78 is 0. The van der Waals surface area contributed by atoms with Crippen molar-refractivity contribution in [2.45, 2.75) is 25.9 Å². The van der Waals surface area contributed by atoms with Crippen LogP contribution < -0.4 is 0 Å². The molecule has 0 radical (unpaired) electrons. The first-order chi connectivity index (χ1) is 9.47. The average molecular weight is 278 g/mol. The maximum atomic E-state index is 12.1. The highest BCUT2D eigenvalue weighted by Crippen LogP contribution is 2.21. The number of benzene rings is 1. The van der Waals surface area contributed by atoms with Crippen molar-refractivity contribution in [1.82, 2.24) is 4.90 Å². The lowest BCUT2D eigenvalue weighted by Gasteiger charge is -2.17. The molecule has 6 nitrogen and oxygen atoms in total. The van der Waals surface area contributed by atoms with E-state index in [2.05, 4.69) is 0 Å². The van der Waals surface area contributed by atoms with Gasteiger partial charge >= 0.3 is 0 Å². The van der Waals surface area contributed by atoms with Crippen LogP contribution in [0, 0.1) is 16.0 Å². The average Bonchev–Trinajstić information content (AvgIpc) is 2.88. The first kappa shape index (κ1) is 14.5. The van der Waals surface area contributed by atoms with E-state index in [1.54, 1.807) is 24.0 Å². The topological polar surface area (TPSA) is 83.7 Å². The van der Waals surface area contributed by atoms with E-state index in [0.29, 0.717) is 18.7 Å². The maximum absolute atomic E-state index is 12.1. The van der Waals surface area contributed by atoms with Gasteiger partial charge in [-0.05, 0) is 18.9 Å². The summed E-state index contributed by atoms with van der Waals surface area (Å²) >= 11 is 0. The van der Waals surface area contributed by atoms with Crippen molar-refractivity contribution < 1.29 is 14.8 Å². The summed E-state index contributed by atoms with van der Waals surface area (Å²) in [6, 6.07) is 6.14. The van der Waals surface area contributed by atoms with Crippen molar-refractivity contribution in [1.29, 1.82) is 0 Å². The van der Waals surface area contributed by atoms with Crippen LogP contribution >= 0.6 is 0 Å². The quantitative estimate of drug-likeness (QED) is 0.666. The Morgan fingerprint density at radius 3 is 2.95 bits per heavy atom. The summed E-state index contributed by atoms with van der Waals surface area (Å²) in [6.45, 7) is 2.94. The summed E-state index contributed by atoms with van der Waals surface area (Å²) in [6.07, 6.45) is 0.553. The van der Waals surface area contributed by atoms with Crippen LogP contribution in [0.1, 0.15) is 18.9 Å². The van der Waals surface area contributed by atoms with Crippen molar-refractivity contribution >= 4 is 11.6 Å². The predicted molar refractivity (Wildman–Crippen MR) is 73.2 cm³/mol. The van der Waals surface area contributed by atoms with E-state index in [-0.39, 0.29) is 23.9 Å². The molecule has 0 spiro atoms. The number of nitro benzene ring substituents is 1. The van der Waals surface area contributed by atoms with E-state index < -0.39 is 11.0 Å². The summed E-state index contributed by atoms with van der Waals surface area (Å²) in [7, 11) is 0. The zero-order valence-electron chi connectivity index (χ0n) is 11.4. The fourth-order valence-electron chi connectivity index (χ4n) is 2.47. The van der Waals surface area contributed by atoms with Gasteiger partial charge in [-0.15, -0.1) is 0 Å². The Balaban J connectivity index is 1.98. The molecule has 1 N–H and O–H groups in total. The molecule has 1 saturated heterocycles. The van der Waals surface area contributed by atoms with Crippen LogP contribution in [0.4, 0.5) is 5.69 Å². The van der Waals surface area contributed by atoms with Crippen molar-refractivity contribution in [2.24, 2.45) is 5.92 Å². The number of carbonyl (C=O) groups is 1. The highest BCUT2D eigenvalue weighted by atomic mass is 16.6. The van der Waals surface area contributed by atoms with Gasteiger partial charge in [-0.3, -0.25) is 14.9 Å². The van der Waals surface area contributed by atoms with Gasteiger partial charge < -0.3 is 10.0 Å². The van der Waals surface area contributed by atoms with Crippen molar-refractivity contribution in [3.8, 4) is 0 Å². The first-order valence-corrected chi connectivity index (χ1v) is 6.66. The number of hydrogen-bond acceptors (Lipinski definition) is 4. The Bertz CT molecular complexity index is 516. The van der Waals surface area contributed by atoms with Crippen LogP contribution in [0.15, 0.2) is 24.3 Å². The van der Waals surface area contributed by atoms with Crippen LogP contribution in [-0.2, 0) is 11.2 Å². The van der Waals surface area contributed by atoms with Crippen molar-refractivity contribution in [2.75, 3.05) is 13.1 Å². The van der Waals surface area contributed by atoms with Gasteiger partial charge in [0.25, 0.3) is 5.69 Å². The monoisotopic (exact) mass is 278 g/mol. The molecule has 20 heavy (non-hydrogen) atoms. The van der Waals surface area contributed by atoms with Crippen LogP contribution in [-0.4, -0.2) is 40.0 Å². The molecule has 2 atom stereocenters. The minimum absolute atomic E-state index is 0.00132. The normalized spacial score (nSPS) is 19.9. The smallest absolute Gasteiger partial charge is 0.269 e. The standard InChI is InChI=1S/C14H18N2O4/c1-10(17)12-5-6-15(9-12)14(18)8-11-3-2-4-13(7-11)16(19)20/h2-4,7,10,12,17H,5-6,8-9H2,1H3. The van der Waals surface area contributed by atoms with E-state index in [0.717, 1.165) is 6.42 Å². The fraction of sp³-hybridized carbons (Fsp3) is 0.500. The zero-order chi connectivity index (χ0) is 14.7. The van der Waals surface area contributed by atoms with E-state index in [1.807, 2.05) is 0 Å². The van der Waals surface area contributed by atoms with Gasteiger partial charge in [0.2, 0.25) is 5.91 Å². The minimum atomic E-state index is -0.465. The number of rotatable bonds is 4. The Kier molecular flexibility index (Phi) is 4.34. The number of hydrogen-bond donors (Lipinski definition) is 1. The Labute approximate surface area is 117 Å². The number of nitro groups is 1. The molecule has 2 rings (SSSR count). The van der Waals surface area contributed by atoms with Crippen LogP contribution in [0.3, 0.4) is 0 Å². The maximum Gasteiger partial charge on any atom is 0.269 e. The lowest BCUT2D eigenvalue weighted by atomic mass is 10.0. The molecular formula is C14H18N2O4. The molecule has 1 aromatic rings. The molecule has 6 heteroatoms. The molecule has 108 valence electrons. The number of nitrogens with zero attached hydrogens (tertiary/aromatic N) is 2. The summed E-state index contributed by atoms with van der Waals surface area (Å²) in [5.74, 6) is 0.0812. The van der Waals surface area contributed by atoms with E-state index >= 15 is 0 Å². The Morgan fingerprint density at radius 2 is 2.35 bits per heavy atom. The third-order valence-corrected chi connectivity index (χ3v) is 3.74. The second-order valence-electron chi connectivity index (χ2n) is 5.23. The number of aliphatic hydroxyl groups is 1. The molecular weight excluding hydrogens is 260 g/mol. The zero-order valence-corrected chi connectivity index (χ0v) is 11.4. The first-order valence-electron chi connectivity index (χ1n) is 6.66. The van der Waals surface area contributed by atoms with Gasteiger partial charge in [-0.25, -0.2) is 0 Å². The largest absolute Gasteiger partial charge is 0.393 e. The van der Waals surface area contributed by atoms with Gasteiger partial charge in [0.05, 0.1) is 17.4 Å². The number of carbonyl (C=O) groups excluding carboxylic acids is 1. The highest BCUT2D eigenvalue weighted by Gasteiger charge is 2.28. The SMILES string of the molecule is CC(O)C1CCN(C(=O)Cc2cccc([N+](=O)[O-])c2)C1. The highest BCUT2D eigenvalue weighted by molar-refractivity contribution is 5.79. The Morgan fingerprint density at radius 1 is 1.60 bits per heavy atom. The molecule has 0 aromatic heterocycles. The predicted octanol–water partition coefficient (Wildman–Crippen LogP) is 1.37. The second kappa shape index (κ2) is 6.00. The van der Waals surface area contributed by atoms with Gasteiger partial charge in [-0.2, -0.15) is 0 Å². The lowest BCUT2D eigenvalue weighted by molar-refractivity contribution is -0.384. The summed E-state index contributed by atoms with van der Waals surface area (Å²) in [5.41, 5.74) is 0.642. The molecule has 0 saturated carbocycles. The number of likely N-dealkylation sites (tertiary alicyclic amines) is 1. The van der Waals surface area contributed by atoms with E-state index in [9.17, 15) is 20.0 Å². The molecule has 1 aliphatic rings. The van der Waals surface area contributed by atoms with Crippen molar-refractivity contribution in [3.05, 3.63) is 39.9 Å².